The molecule has 2 aliphatic rings. The van der Waals surface area contributed by atoms with E-state index in [0.717, 1.165) is 24.9 Å². The molecule has 1 fully saturated rings. The number of aromatic nitrogens is 2. The van der Waals surface area contributed by atoms with Crippen molar-refractivity contribution >= 4 is 0 Å². The van der Waals surface area contributed by atoms with Crippen molar-refractivity contribution in [3.8, 4) is 0 Å². The Labute approximate surface area is 129 Å². The van der Waals surface area contributed by atoms with Crippen molar-refractivity contribution in [1.82, 2.24) is 14.9 Å². The predicted molar refractivity (Wildman–Crippen MR) is 87.5 cm³/mol. The lowest BCUT2D eigenvalue weighted by molar-refractivity contribution is 0.483. The van der Waals surface area contributed by atoms with Crippen molar-refractivity contribution in [3.63, 3.8) is 0 Å². The molecule has 1 saturated carbocycles. The Bertz CT molecular complexity index is 455. The van der Waals surface area contributed by atoms with Gasteiger partial charge in [-0.3, -0.25) is 0 Å². The van der Waals surface area contributed by atoms with Gasteiger partial charge in [-0.15, -0.1) is 0 Å². The van der Waals surface area contributed by atoms with E-state index in [1.807, 2.05) is 0 Å². The SMILES string of the molecule is CC(C)CCCCn1c(C2CCCC2)nc2c1CCNC2. The van der Waals surface area contributed by atoms with Crippen molar-refractivity contribution in [1.29, 1.82) is 0 Å². The van der Waals surface area contributed by atoms with E-state index in [4.69, 9.17) is 4.98 Å². The molecule has 3 rings (SSSR count). The van der Waals surface area contributed by atoms with Crippen LogP contribution in [0, 0.1) is 5.92 Å². The Hall–Kier alpha value is -0.830. The molecule has 0 amide bonds. The number of rotatable bonds is 6. The van der Waals surface area contributed by atoms with Crippen molar-refractivity contribution in [2.24, 2.45) is 5.92 Å². The number of hydrogen-bond donors (Lipinski definition) is 1. The molecule has 0 radical (unpaired) electrons. The van der Waals surface area contributed by atoms with E-state index in [9.17, 15) is 0 Å². The summed E-state index contributed by atoms with van der Waals surface area (Å²) in [6.45, 7) is 7.95. The van der Waals surface area contributed by atoms with Gasteiger partial charge in [0.05, 0.1) is 5.69 Å². The van der Waals surface area contributed by atoms with Crippen LogP contribution in [-0.2, 0) is 19.5 Å². The first-order valence-corrected chi connectivity index (χ1v) is 9.04. The molecule has 0 atom stereocenters. The second kappa shape index (κ2) is 6.95. The molecule has 1 N–H and O–H groups in total. The predicted octanol–water partition coefficient (Wildman–Crippen LogP) is 4.01. The fourth-order valence-electron chi connectivity index (χ4n) is 3.96. The average Bonchev–Trinajstić information content (AvgIpc) is 3.11. The molecule has 2 heterocycles. The highest BCUT2D eigenvalue weighted by Gasteiger charge is 2.26. The quantitative estimate of drug-likeness (QED) is 0.802. The van der Waals surface area contributed by atoms with Gasteiger partial charge in [0.15, 0.2) is 0 Å². The van der Waals surface area contributed by atoms with Gasteiger partial charge in [-0.05, 0) is 25.2 Å². The van der Waals surface area contributed by atoms with Crippen LogP contribution in [0.1, 0.15) is 81.9 Å². The van der Waals surface area contributed by atoms with Crippen LogP contribution in [0.5, 0.6) is 0 Å². The molecule has 21 heavy (non-hydrogen) atoms. The summed E-state index contributed by atoms with van der Waals surface area (Å²) in [5, 5.41) is 3.48. The van der Waals surface area contributed by atoms with Crippen LogP contribution in [0.2, 0.25) is 0 Å². The van der Waals surface area contributed by atoms with E-state index in [-0.39, 0.29) is 0 Å². The summed E-state index contributed by atoms with van der Waals surface area (Å²) < 4.78 is 2.62. The molecule has 0 saturated heterocycles. The molecule has 3 nitrogen and oxygen atoms in total. The van der Waals surface area contributed by atoms with Crippen molar-refractivity contribution < 1.29 is 0 Å². The van der Waals surface area contributed by atoms with Crippen LogP contribution >= 0.6 is 0 Å². The highest BCUT2D eigenvalue weighted by Crippen LogP contribution is 2.35. The molecule has 118 valence electrons. The summed E-state index contributed by atoms with van der Waals surface area (Å²) in [6, 6.07) is 0. The normalized spacial score (nSPS) is 19.4. The summed E-state index contributed by atoms with van der Waals surface area (Å²) in [7, 11) is 0. The van der Waals surface area contributed by atoms with E-state index < -0.39 is 0 Å². The Morgan fingerprint density at radius 1 is 1.24 bits per heavy atom. The lowest BCUT2D eigenvalue weighted by Crippen LogP contribution is -2.25. The van der Waals surface area contributed by atoms with Gasteiger partial charge in [-0.2, -0.15) is 0 Å². The zero-order valence-electron chi connectivity index (χ0n) is 13.8. The van der Waals surface area contributed by atoms with E-state index in [0.29, 0.717) is 0 Å². The highest BCUT2D eigenvalue weighted by atomic mass is 15.1. The number of nitrogens with one attached hydrogen (secondary N) is 1. The topological polar surface area (TPSA) is 29.9 Å². The molecule has 1 aliphatic carbocycles. The highest BCUT2D eigenvalue weighted by molar-refractivity contribution is 5.22. The molecule has 3 heteroatoms. The molecule has 0 bridgehead atoms. The maximum Gasteiger partial charge on any atom is 0.112 e. The Morgan fingerprint density at radius 2 is 2.05 bits per heavy atom. The van der Waals surface area contributed by atoms with E-state index in [1.54, 1.807) is 5.69 Å². The summed E-state index contributed by atoms with van der Waals surface area (Å²) in [5.74, 6) is 2.99. The first-order chi connectivity index (χ1) is 10.3. The molecule has 0 aromatic carbocycles. The van der Waals surface area contributed by atoms with Crippen LogP contribution in [0.3, 0.4) is 0 Å². The zero-order chi connectivity index (χ0) is 14.7. The minimum atomic E-state index is 0.737. The Morgan fingerprint density at radius 3 is 2.81 bits per heavy atom. The largest absolute Gasteiger partial charge is 0.331 e. The van der Waals surface area contributed by atoms with Gasteiger partial charge in [-0.25, -0.2) is 4.98 Å². The second-order valence-electron chi connectivity index (χ2n) is 7.31. The van der Waals surface area contributed by atoms with Gasteiger partial charge in [0.2, 0.25) is 0 Å². The molecule has 0 spiro atoms. The van der Waals surface area contributed by atoms with Gasteiger partial charge in [0.25, 0.3) is 0 Å². The standard InChI is InChI=1S/C18H31N3/c1-14(2)7-5-6-12-21-17-10-11-19-13-16(17)20-18(21)15-8-3-4-9-15/h14-15,19H,3-13H2,1-2H3. The minimum Gasteiger partial charge on any atom is -0.331 e. The third kappa shape index (κ3) is 3.50. The smallest absolute Gasteiger partial charge is 0.112 e. The lowest BCUT2D eigenvalue weighted by Gasteiger charge is -2.18. The first kappa shape index (κ1) is 15.1. The summed E-state index contributed by atoms with van der Waals surface area (Å²) in [5.41, 5.74) is 2.88. The minimum absolute atomic E-state index is 0.737. The average molecular weight is 289 g/mol. The summed E-state index contributed by atoms with van der Waals surface area (Å²) >= 11 is 0. The number of unbranched alkanes of at least 4 members (excludes halogenated alkanes) is 1. The Kier molecular flexibility index (Phi) is 4.99. The van der Waals surface area contributed by atoms with Crippen LogP contribution in [-0.4, -0.2) is 16.1 Å². The lowest BCUT2D eigenvalue weighted by atomic mass is 10.1. The van der Waals surface area contributed by atoms with E-state index in [2.05, 4.69) is 23.7 Å². The van der Waals surface area contributed by atoms with Crippen molar-refractivity contribution in [2.45, 2.75) is 84.2 Å². The van der Waals surface area contributed by atoms with Gasteiger partial charge in [-0.1, -0.05) is 39.5 Å². The van der Waals surface area contributed by atoms with E-state index in [1.165, 1.54) is 69.4 Å². The van der Waals surface area contributed by atoms with E-state index >= 15 is 0 Å². The Balaban J connectivity index is 1.73. The van der Waals surface area contributed by atoms with Gasteiger partial charge in [0.1, 0.15) is 5.82 Å². The number of nitrogens with zero attached hydrogens (tertiary/aromatic N) is 2. The van der Waals surface area contributed by atoms with Gasteiger partial charge < -0.3 is 9.88 Å². The van der Waals surface area contributed by atoms with Crippen molar-refractivity contribution in [2.75, 3.05) is 6.54 Å². The van der Waals surface area contributed by atoms with Gasteiger partial charge >= 0.3 is 0 Å². The third-order valence-corrected chi connectivity index (χ3v) is 5.15. The van der Waals surface area contributed by atoms with Crippen LogP contribution in [0.25, 0.3) is 0 Å². The monoisotopic (exact) mass is 289 g/mol. The fourth-order valence-corrected chi connectivity index (χ4v) is 3.96. The van der Waals surface area contributed by atoms with Crippen LogP contribution in [0.15, 0.2) is 0 Å². The number of fused-ring (bicyclic) bond motifs is 1. The molecule has 1 aromatic rings. The first-order valence-electron chi connectivity index (χ1n) is 9.04. The molecular weight excluding hydrogens is 258 g/mol. The second-order valence-corrected chi connectivity index (χ2v) is 7.31. The fraction of sp³-hybridized carbons (Fsp3) is 0.833. The zero-order valence-corrected chi connectivity index (χ0v) is 13.8. The van der Waals surface area contributed by atoms with Crippen LogP contribution < -0.4 is 5.32 Å². The van der Waals surface area contributed by atoms with Gasteiger partial charge in [0, 0.05) is 37.7 Å². The molecule has 0 unspecified atom stereocenters. The maximum atomic E-state index is 5.05. The summed E-state index contributed by atoms with van der Waals surface area (Å²) in [6.07, 6.45) is 10.7. The summed E-state index contributed by atoms with van der Waals surface area (Å²) in [4.78, 5) is 5.05. The molecule has 1 aromatic heterocycles. The van der Waals surface area contributed by atoms with Crippen LogP contribution in [0.4, 0.5) is 0 Å². The molecule has 1 aliphatic heterocycles. The third-order valence-electron chi connectivity index (χ3n) is 5.15. The number of hydrogen-bond acceptors (Lipinski definition) is 2. The maximum absolute atomic E-state index is 5.05. The van der Waals surface area contributed by atoms with Crippen molar-refractivity contribution in [3.05, 3.63) is 17.2 Å². The number of imidazole rings is 1. The molecular formula is C18H31N3.